The lowest BCUT2D eigenvalue weighted by Gasteiger charge is -2.27. The number of hydrogen-bond acceptors (Lipinski definition) is 5. The Kier molecular flexibility index (Phi) is 9.95. The van der Waals surface area contributed by atoms with E-state index in [2.05, 4.69) is 32.8 Å². The molecule has 1 N–H and O–H groups in total. The molecule has 0 amide bonds. The van der Waals surface area contributed by atoms with E-state index in [1.54, 1.807) is 13.8 Å². The van der Waals surface area contributed by atoms with E-state index in [0.29, 0.717) is 5.75 Å². The Morgan fingerprint density at radius 3 is 2.06 bits per heavy atom. The summed E-state index contributed by atoms with van der Waals surface area (Å²) in [5.41, 5.74) is 2.89. The molecule has 1 unspecified atom stereocenters. The first-order chi connectivity index (χ1) is 15.2. The molecule has 2 atom stereocenters. The average molecular weight is 462 g/mol. The van der Waals surface area contributed by atoms with Gasteiger partial charge in [0.2, 0.25) is 0 Å². The number of esters is 1. The van der Waals surface area contributed by atoms with Crippen LogP contribution in [0.3, 0.4) is 0 Å². The van der Waals surface area contributed by atoms with Gasteiger partial charge in [0.15, 0.2) is 0 Å². The highest BCUT2D eigenvalue weighted by Crippen LogP contribution is 2.48. The summed E-state index contributed by atoms with van der Waals surface area (Å²) in [5.74, 6) is 0.447. The van der Waals surface area contributed by atoms with Crippen molar-refractivity contribution in [2.75, 3.05) is 13.0 Å². The summed E-state index contributed by atoms with van der Waals surface area (Å²) in [6.07, 6.45) is -0.185. The summed E-state index contributed by atoms with van der Waals surface area (Å²) < 4.78 is 31.1. The van der Waals surface area contributed by atoms with E-state index in [9.17, 15) is 9.36 Å². The van der Waals surface area contributed by atoms with E-state index in [0.717, 1.165) is 16.7 Å². The third kappa shape index (κ3) is 7.47. The highest BCUT2D eigenvalue weighted by atomic mass is 31.2. The quantitative estimate of drug-likeness (QED) is 0.299. The molecule has 176 valence electrons. The Morgan fingerprint density at radius 1 is 0.938 bits per heavy atom. The summed E-state index contributed by atoms with van der Waals surface area (Å²) in [6, 6.07) is 14.8. The molecular weight excluding hydrogens is 425 g/mol. The van der Waals surface area contributed by atoms with Gasteiger partial charge in [0.05, 0.1) is 13.2 Å². The van der Waals surface area contributed by atoms with Crippen LogP contribution in [0.25, 0.3) is 0 Å². The normalized spacial score (nSPS) is 14.2. The summed E-state index contributed by atoms with van der Waals surface area (Å²) >= 11 is 0. The Hall–Kier alpha value is -2.14. The topological polar surface area (TPSA) is 73.9 Å². The van der Waals surface area contributed by atoms with Gasteiger partial charge >= 0.3 is 13.5 Å². The summed E-state index contributed by atoms with van der Waals surface area (Å²) in [6.45, 7) is 12.1. The summed E-state index contributed by atoms with van der Waals surface area (Å²) in [4.78, 5) is 12.2. The summed E-state index contributed by atoms with van der Waals surface area (Å²) in [5, 5.41) is 2.88. The molecule has 0 fully saturated rings. The van der Waals surface area contributed by atoms with Gasteiger partial charge in [0, 0.05) is 0 Å². The number of carbonyl (C=O) groups is 1. The van der Waals surface area contributed by atoms with Gasteiger partial charge in [-0.1, -0.05) is 76.2 Å². The van der Waals surface area contributed by atoms with E-state index >= 15 is 0 Å². The lowest BCUT2D eigenvalue weighted by Crippen LogP contribution is -2.35. The molecule has 0 aliphatic heterocycles. The molecule has 0 aliphatic rings. The molecule has 0 saturated carbocycles. The second kappa shape index (κ2) is 12.2. The number of para-hydroxylation sites is 1. The maximum atomic E-state index is 14.0. The van der Waals surface area contributed by atoms with E-state index in [4.69, 9.17) is 14.0 Å². The first-order valence-corrected chi connectivity index (χ1v) is 13.0. The van der Waals surface area contributed by atoms with Gasteiger partial charge in [-0.05, 0) is 42.4 Å². The molecule has 0 radical (unpaired) electrons. The van der Waals surface area contributed by atoms with Crippen LogP contribution in [0.1, 0.15) is 70.1 Å². The van der Waals surface area contributed by atoms with Crippen molar-refractivity contribution in [2.24, 2.45) is 0 Å². The molecule has 7 heteroatoms. The first kappa shape index (κ1) is 26.1. The second-order valence-corrected chi connectivity index (χ2v) is 10.5. The van der Waals surface area contributed by atoms with Crippen molar-refractivity contribution in [3.05, 3.63) is 65.2 Å². The van der Waals surface area contributed by atoms with Gasteiger partial charge in [-0.3, -0.25) is 9.36 Å². The summed E-state index contributed by atoms with van der Waals surface area (Å²) in [7, 11) is -3.62. The third-order valence-corrected chi connectivity index (χ3v) is 6.74. The zero-order valence-corrected chi connectivity index (χ0v) is 20.9. The van der Waals surface area contributed by atoms with Gasteiger partial charge in [-0.2, -0.15) is 0 Å². The largest absolute Gasteiger partial charge is 0.465 e. The molecule has 2 rings (SSSR count). The fourth-order valence-electron chi connectivity index (χ4n) is 3.30. The average Bonchev–Trinajstić information content (AvgIpc) is 2.74. The Morgan fingerprint density at radius 2 is 1.53 bits per heavy atom. The smallest absolute Gasteiger partial charge is 0.342 e. The molecule has 32 heavy (non-hydrogen) atoms. The molecule has 0 spiro atoms. The standard InChI is InChI=1S/C25H36NO5P/c1-7-30-25(27)20(6)26-32(28,17-29-16-21-12-9-8-10-13-21)31-24-22(18(2)3)14-11-15-23(24)19(4)5/h8-15,18-20H,7,16-17H2,1-6H3,(H,26,28)/t20-,32?/m0/s1. The SMILES string of the molecule is CCOC(=O)[C@H](C)NP(=O)(COCc1ccccc1)Oc1c(C(C)C)cccc1C(C)C. The molecule has 0 heterocycles. The fraction of sp³-hybridized carbons (Fsp3) is 0.480. The van der Waals surface area contributed by atoms with Gasteiger partial charge in [-0.15, -0.1) is 0 Å². The number of benzene rings is 2. The molecule has 0 aromatic heterocycles. The minimum atomic E-state index is -3.62. The van der Waals surface area contributed by atoms with Gasteiger partial charge < -0.3 is 14.0 Å². The predicted octanol–water partition coefficient (Wildman–Crippen LogP) is 6.22. The minimum absolute atomic E-state index is 0.171. The monoisotopic (exact) mass is 461 g/mol. The van der Waals surface area contributed by atoms with Crippen LogP contribution in [0.2, 0.25) is 0 Å². The Bertz CT molecular complexity index is 888. The number of hydrogen-bond donors (Lipinski definition) is 1. The van der Waals surface area contributed by atoms with E-state index in [-0.39, 0.29) is 31.4 Å². The molecule has 2 aromatic carbocycles. The Labute approximate surface area is 192 Å². The third-order valence-electron chi connectivity index (χ3n) is 4.96. The van der Waals surface area contributed by atoms with Crippen LogP contribution in [0.5, 0.6) is 5.75 Å². The number of ether oxygens (including phenoxy) is 2. The van der Waals surface area contributed by atoms with Gasteiger partial charge in [0.25, 0.3) is 0 Å². The highest BCUT2D eigenvalue weighted by molar-refractivity contribution is 7.57. The maximum absolute atomic E-state index is 14.0. The van der Waals surface area contributed by atoms with Crippen molar-refractivity contribution >= 4 is 13.5 Å². The van der Waals surface area contributed by atoms with Crippen LogP contribution >= 0.6 is 7.52 Å². The number of carbonyl (C=O) groups excluding carboxylic acids is 1. The van der Waals surface area contributed by atoms with Crippen LogP contribution in [-0.2, 0) is 25.4 Å². The van der Waals surface area contributed by atoms with Crippen molar-refractivity contribution in [1.29, 1.82) is 0 Å². The van der Waals surface area contributed by atoms with Crippen molar-refractivity contribution in [1.82, 2.24) is 5.09 Å². The van der Waals surface area contributed by atoms with Crippen molar-refractivity contribution in [3.63, 3.8) is 0 Å². The molecular formula is C25H36NO5P. The lowest BCUT2D eigenvalue weighted by molar-refractivity contribution is -0.144. The van der Waals surface area contributed by atoms with Crippen LogP contribution in [0.15, 0.2) is 48.5 Å². The molecule has 6 nitrogen and oxygen atoms in total. The lowest BCUT2D eigenvalue weighted by atomic mass is 9.94. The van der Waals surface area contributed by atoms with Crippen molar-refractivity contribution in [3.8, 4) is 5.75 Å². The zero-order chi connectivity index (χ0) is 23.7. The fourth-order valence-corrected chi connectivity index (χ4v) is 5.01. The van der Waals surface area contributed by atoms with E-state index in [1.807, 2.05) is 48.5 Å². The highest BCUT2D eigenvalue weighted by Gasteiger charge is 2.33. The molecule has 0 saturated heterocycles. The molecule has 0 bridgehead atoms. The van der Waals surface area contributed by atoms with Crippen LogP contribution in [0, 0.1) is 0 Å². The van der Waals surface area contributed by atoms with Crippen LogP contribution in [-0.4, -0.2) is 25.0 Å². The Balaban J connectivity index is 2.33. The zero-order valence-electron chi connectivity index (χ0n) is 20.0. The predicted molar refractivity (Wildman–Crippen MR) is 128 cm³/mol. The van der Waals surface area contributed by atoms with Crippen molar-refractivity contribution in [2.45, 2.75) is 66.0 Å². The van der Waals surface area contributed by atoms with Gasteiger partial charge in [0.1, 0.15) is 18.1 Å². The van der Waals surface area contributed by atoms with Crippen LogP contribution < -0.4 is 9.61 Å². The molecule has 0 aliphatic carbocycles. The second-order valence-electron chi connectivity index (χ2n) is 8.41. The van der Waals surface area contributed by atoms with E-state index in [1.165, 1.54) is 0 Å². The first-order valence-electron chi connectivity index (χ1n) is 11.1. The number of nitrogens with one attached hydrogen (secondary N) is 1. The van der Waals surface area contributed by atoms with Crippen LogP contribution in [0.4, 0.5) is 0 Å². The number of rotatable bonds is 12. The van der Waals surface area contributed by atoms with E-state index < -0.39 is 19.5 Å². The van der Waals surface area contributed by atoms with Gasteiger partial charge in [-0.25, -0.2) is 5.09 Å². The van der Waals surface area contributed by atoms with Crippen molar-refractivity contribution < 1.29 is 23.4 Å². The minimum Gasteiger partial charge on any atom is -0.465 e. The molecule has 2 aromatic rings. The maximum Gasteiger partial charge on any atom is 0.342 e.